The lowest BCUT2D eigenvalue weighted by Crippen LogP contribution is -2.51. The van der Waals surface area contributed by atoms with Crippen LogP contribution in [0.25, 0.3) is 0 Å². The molecule has 2 aliphatic rings. The number of hydrogen-bond donors (Lipinski definition) is 2. The molecule has 0 saturated heterocycles. The molecule has 4 heteroatoms. The molecule has 2 amide bonds. The highest BCUT2D eigenvalue weighted by molar-refractivity contribution is 5.75. The molecule has 0 bridgehead atoms. The lowest BCUT2D eigenvalue weighted by molar-refractivity contribution is 0.116. The van der Waals surface area contributed by atoms with Crippen LogP contribution in [0, 0.1) is 11.8 Å². The minimum atomic E-state index is -0.474. The van der Waals surface area contributed by atoms with Crippen LogP contribution >= 0.6 is 0 Å². The predicted molar refractivity (Wildman–Crippen MR) is 71.3 cm³/mol. The summed E-state index contributed by atoms with van der Waals surface area (Å²) in [6.45, 7) is 6.11. The fourth-order valence-corrected chi connectivity index (χ4v) is 2.57. The summed E-state index contributed by atoms with van der Waals surface area (Å²) in [6.07, 6.45) is 4.58. The van der Waals surface area contributed by atoms with Crippen molar-refractivity contribution in [2.45, 2.75) is 64.6 Å². The van der Waals surface area contributed by atoms with Gasteiger partial charge in [0.25, 0.3) is 0 Å². The quantitative estimate of drug-likeness (QED) is 0.761. The molecule has 2 aliphatic carbocycles. The van der Waals surface area contributed by atoms with Gasteiger partial charge < -0.3 is 15.3 Å². The fraction of sp³-hybridized carbons (Fsp3) is 0.929. The standard InChI is InChI=1S/C14H26N2O2/c1-9(2)16(8-10(3)17)14(18)15-13(11-4-5-11)12-6-7-12/h9-13,17H,4-8H2,1-3H3,(H,15,18). The summed E-state index contributed by atoms with van der Waals surface area (Å²) in [5.74, 6) is 1.42. The van der Waals surface area contributed by atoms with Gasteiger partial charge in [-0.15, -0.1) is 0 Å². The Morgan fingerprint density at radius 2 is 1.72 bits per heavy atom. The molecule has 104 valence electrons. The second-order valence-electron chi connectivity index (χ2n) is 6.25. The summed E-state index contributed by atoms with van der Waals surface area (Å²) in [5, 5.41) is 12.7. The van der Waals surface area contributed by atoms with Crippen molar-refractivity contribution in [1.82, 2.24) is 10.2 Å². The smallest absolute Gasteiger partial charge is 0.317 e. The number of rotatable bonds is 6. The van der Waals surface area contributed by atoms with Crippen molar-refractivity contribution in [3.63, 3.8) is 0 Å². The van der Waals surface area contributed by atoms with E-state index in [0.717, 1.165) is 0 Å². The first-order valence-corrected chi connectivity index (χ1v) is 7.24. The molecule has 4 nitrogen and oxygen atoms in total. The number of carbonyl (C=O) groups is 1. The van der Waals surface area contributed by atoms with Gasteiger partial charge in [0.2, 0.25) is 0 Å². The minimum Gasteiger partial charge on any atom is -0.392 e. The van der Waals surface area contributed by atoms with Gasteiger partial charge in [-0.2, -0.15) is 0 Å². The van der Waals surface area contributed by atoms with E-state index in [0.29, 0.717) is 24.4 Å². The number of amides is 2. The maximum Gasteiger partial charge on any atom is 0.317 e. The van der Waals surface area contributed by atoms with Crippen LogP contribution in [0.3, 0.4) is 0 Å². The molecule has 2 N–H and O–H groups in total. The average Bonchev–Trinajstić information content (AvgIpc) is 3.15. The first-order chi connectivity index (χ1) is 8.49. The van der Waals surface area contributed by atoms with E-state index in [1.54, 1.807) is 11.8 Å². The monoisotopic (exact) mass is 254 g/mol. The number of nitrogens with one attached hydrogen (secondary N) is 1. The number of nitrogens with zero attached hydrogens (tertiary/aromatic N) is 1. The van der Waals surface area contributed by atoms with Gasteiger partial charge in [0.05, 0.1) is 6.10 Å². The number of aliphatic hydroxyl groups excluding tert-OH is 1. The third kappa shape index (κ3) is 3.61. The van der Waals surface area contributed by atoms with Crippen molar-refractivity contribution in [1.29, 1.82) is 0 Å². The summed E-state index contributed by atoms with van der Waals surface area (Å²) >= 11 is 0. The van der Waals surface area contributed by atoms with E-state index in [9.17, 15) is 9.90 Å². The van der Waals surface area contributed by atoms with Crippen molar-refractivity contribution in [2.75, 3.05) is 6.54 Å². The normalized spacial score (nSPS) is 21.2. The van der Waals surface area contributed by atoms with Gasteiger partial charge in [-0.25, -0.2) is 4.79 Å². The van der Waals surface area contributed by atoms with Crippen LogP contribution in [-0.4, -0.2) is 40.8 Å². The maximum atomic E-state index is 12.3. The Kier molecular flexibility index (Phi) is 4.15. The molecule has 0 aromatic carbocycles. The summed E-state index contributed by atoms with van der Waals surface area (Å²) in [5.41, 5.74) is 0. The van der Waals surface area contributed by atoms with Crippen LogP contribution in [-0.2, 0) is 0 Å². The first kappa shape index (κ1) is 13.7. The summed E-state index contributed by atoms with van der Waals surface area (Å²) in [6, 6.07) is 0.501. The van der Waals surface area contributed by atoms with Crippen molar-refractivity contribution in [3.05, 3.63) is 0 Å². The highest BCUT2D eigenvalue weighted by Gasteiger charge is 2.42. The Morgan fingerprint density at radius 3 is 2.06 bits per heavy atom. The molecule has 0 radical (unpaired) electrons. The second-order valence-corrected chi connectivity index (χ2v) is 6.25. The van der Waals surface area contributed by atoms with Crippen LogP contribution in [0.4, 0.5) is 4.79 Å². The molecule has 0 spiro atoms. The van der Waals surface area contributed by atoms with Gasteiger partial charge in [0.1, 0.15) is 0 Å². The van der Waals surface area contributed by atoms with Crippen LogP contribution in [0.1, 0.15) is 46.5 Å². The van der Waals surface area contributed by atoms with E-state index in [4.69, 9.17) is 0 Å². The Balaban J connectivity index is 1.90. The van der Waals surface area contributed by atoms with Gasteiger partial charge in [-0.05, 0) is 58.3 Å². The predicted octanol–water partition coefficient (Wildman–Crippen LogP) is 1.98. The Bertz CT molecular complexity index is 284. The summed E-state index contributed by atoms with van der Waals surface area (Å²) < 4.78 is 0. The van der Waals surface area contributed by atoms with E-state index in [1.807, 2.05) is 13.8 Å². The third-order valence-corrected chi connectivity index (χ3v) is 3.90. The van der Waals surface area contributed by atoms with E-state index in [-0.39, 0.29) is 12.1 Å². The van der Waals surface area contributed by atoms with E-state index in [2.05, 4.69) is 5.32 Å². The minimum absolute atomic E-state index is 0.00491. The number of hydrogen-bond acceptors (Lipinski definition) is 2. The van der Waals surface area contributed by atoms with Crippen LogP contribution in [0.5, 0.6) is 0 Å². The Labute approximate surface area is 110 Å². The zero-order valence-corrected chi connectivity index (χ0v) is 11.7. The van der Waals surface area contributed by atoms with Crippen molar-refractivity contribution in [2.24, 2.45) is 11.8 Å². The fourth-order valence-electron chi connectivity index (χ4n) is 2.57. The molecule has 1 unspecified atom stereocenters. The summed E-state index contributed by atoms with van der Waals surface area (Å²) in [4.78, 5) is 14.0. The molecule has 2 fully saturated rings. The van der Waals surface area contributed by atoms with Crippen LogP contribution in [0.2, 0.25) is 0 Å². The number of aliphatic hydroxyl groups is 1. The number of carbonyl (C=O) groups excluding carboxylic acids is 1. The zero-order valence-electron chi connectivity index (χ0n) is 11.7. The third-order valence-electron chi connectivity index (χ3n) is 3.90. The van der Waals surface area contributed by atoms with Gasteiger partial charge in [0.15, 0.2) is 0 Å². The Morgan fingerprint density at radius 1 is 1.22 bits per heavy atom. The van der Waals surface area contributed by atoms with E-state index >= 15 is 0 Å². The molecule has 2 rings (SSSR count). The first-order valence-electron chi connectivity index (χ1n) is 7.24. The average molecular weight is 254 g/mol. The molecule has 1 atom stereocenters. The molecule has 0 aromatic rings. The van der Waals surface area contributed by atoms with Gasteiger partial charge in [-0.3, -0.25) is 0 Å². The molecule has 2 saturated carbocycles. The topological polar surface area (TPSA) is 52.6 Å². The zero-order chi connectivity index (χ0) is 13.3. The summed E-state index contributed by atoms with van der Waals surface area (Å²) in [7, 11) is 0. The highest BCUT2D eigenvalue weighted by Crippen LogP contribution is 2.44. The van der Waals surface area contributed by atoms with E-state index < -0.39 is 6.10 Å². The molecule has 0 aromatic heterocycles. The molecule has 0 aliphatic heterocycles. The van der Waals surface area contributed by atoms with Crippen molar-refractivity contribution >= 4 is 6.03 Å². The molecular formula is C14H26N2O2. The van der Waals surface area contributed by atoms with E-state index in [1.165, 1.54) is 25.7 Å². The van der Waals surface area contributed by atoms with Crippen molar-refractivity contribution in [3.8, 4) is 0 Å². The molecular weight excluding hydrogens is 228 g/mol. The van der Waals surface area contributed by atoms with Gasteiger partial charge in [0, 0.05) is 18.6 Å². The Hall–Kier alpha value is -0.770. The van der Waals surface area contributed by atoms with Gasteiger partial charge >= 0.3 is 6.03 Å². The molecule has 18 heavy (non-hydrogen) atoms. The van der Waals surface area contributed by atoms with Crippen LogP contribution < -0.4 is 5.32 Å². The van der Waals surface area contributed by atoms with Gasteiger partial charge in [-0.1, -0.05) is 0 Å². The highest BCUT2D eigenvalue weighted by atomic mass is 16.3. The number of urea groups is 1. The van der Waals surface area contributed by atoms with Crippen molar-refractivity contribution < 1.29 is 9.90 Å². The maximum absolute atomic E-state index is 12.3. The largest absolute Gasteiger partial charge is 0.392 e. The SMILES string of the molecule is CC(O)CN(C(=O)NC(C1CC1)C1CC1)C(C)C. The second kappa shape index (κ2) is 5.47. The van der Waals surface area contributed by atoms with Crippen LogP contribution in [0.15, 0.2) is 0 Å². The lowest BCUT2D eigenvalue weighted by atomic mass is 10.1. The lowest BCUT2D eigenvalue weighted by Gasteiger charge is -2.30. The molecule has 0 heterocycles.